The van der Waals surface area contributed by atoms with Gasteiger partial charge in [-0.3, -0.25) is 34.3 Å². The molecule has 5 aromatic carbocycles. The number of carbonyl (C=O) groups excluding carboxylic acids is 4. The number of hydrogen-bond acceptors (Lipinski definition) is 19. The highest BCUT2D eigenvalue weighted by molar-refractivity contribution is 5.86. The number of piperazine rings is 2. The number of carbonyl (C=O) groups is 4. The number of primary amides is 2. The number of nitrogens with one attached hydrogen (secondary N) is 4. The first-order chi connectivity index (χ1) is 42.3. The lowest BCUT2D eigenvalue weighted by Crippen LogP contribution is -2.55. The van der Waals surface area contributed by atoms with Crippen LogP contribution >= 0.6 is 0 Å². The molecule has 28 nitrogen and oxygen atoms in total. The van der Waals surface area contributed by atoms with Crippen LogP contribution in [0.25, 0.3) is 34.2 Å². The van der Waals surface area contributed by atoms with Crippen molar-refractivity contribution in [1.29, 1.82) is 0 Å². The van der Waals surface area contributed by atoms with Crippen molar-refractivity contribution in [3.05, 3.63) is 150 Å². The fraction of sp³-hybridized carbons (Fsp3) is 0.377. The number of aromatic amines is 2. The number of H-pyrrole nitrogens is 2. The average molecular weight is 1230 g/mol. The van der Waals surface area contributed by atoms with Gasteiger partial charge in [0.05, 0.1) is 33.5 Å². The quantitative estimate of drug-likeness (QED) is 0.0253. The van der Waals surface area contributed by atoms with Crippen molar-refractivity contribution in [2.24, 2.45) is 17.2 Å². The molecule has 2 aliphatic rings. The molecule has 0 unspecified atom stereocenters. The van der Waals surface area contributed by atoms with Gasteiger partial charge in [-0.2, -0.15) is 10.2 Å². The van der Waals surface area contributed by atoms with Gasteiger partial charge < -0.3 is 57.9 Å². The Balaban J connectivity index is 0.000000221. The molecule has 2 atom stereocenters. The topological polar surface area (TPSA) is 415 Å². The number of urea groups is 1. The lowest BCUT2D eigenvalue weighted by molar-refractivity contribution is -0.384. The van der Waals surface area contributed by atoms with Gasteiger partial charge in [0.25, 0.3) is 5.69 Å². The van der Waals surface area contributed by atoms with Crippen LogP contribution in [-0.2, 0) is 27.5 Å². The Morgan fingerprint density at radius 2 is 1.08 bits per heavy atom. The Morgan fingerprint density at radius 1 is 0.640 bits per heavy atom. The molecule has 0 aliphatic carbocycles. The Morgan fingerprint density at radius 3 is 1.44 bits per heavy atom. The van der Waals surface area contributed by atoms with E-state index < -0.39 is 46.2 Å². The molecule has 4 heterocycles. The molecule has 0 bridgehead atoms. The van der Waals surface area contributed by atoms with Crippen molar-refractivity contribution in [1.82, 2.24) is 54.9 Å². The van der Waals surface area contributed by atoms with Crippen molar-refractivity contribution in [2.75, 3.05) is 52.4 Å². The van der Waals surface area contributed by atoms with Gasteiger partial charge >= 0.3 is 23.4 Å². The normalized spacial score (nSPS) is 14.0. The maximum absolute atomic E-state index is 12.7. The van der Waals surface area contributed by atoms with Crippen LogP contribution in [0.15, 0.2) is 107 Å². The molecule has 2 fully saturated rings. The molecule has 2 aromatic heterocycles. The first-order valence-electron chi connectivity index (χ1n) is 28.9. The van der Waals surface area contributed by atoms with Crippen molar-refractivity contribution in [2.45, 2.75) is 98.3 Å². The van der Waals surface area contributed by atoms with Crippen LogP contribution in [0, 0.1) is 10.1 Å². The number of aromatic hydroxyl groups is 4. The smallest absolute Gasteiger partial charge is 0.348 e. The molecule has 14 N–H and O–H groups in total. The van der Waals surface area contributed by atoms with Crippen molar-refractivity contribution in [3.63, 3.8) is 0 Å². The molecule has 0 radical (unpaired) electrons. The number of nitrogens with zero attached hydrogens (tertiary/aromatic N) is 8. The minimum Gasteiger partial charge on any atom is -0.508 e. The maximum Gasteiger partial charge on any atom is 0.348 e. The molecule has 89 heavy (non-hydrogen) atoms. The van der Waals surface area contributed by atoms with Gasteiger partial charge in [0.2, 0.25) is 11.8 Å². The van der Waals surface area contributed by atoms with E-state index in [-0.39, 0.29) is 52.4 Å². The number of esters is 1. The minimum atomic E-state index is -0.674. The largest absolute Gasteiger partial charge is 0.508 e. The van der Waals surface area contributed by atoms with E-state index in [0.717, 1.165) is 38.3 Å². The Hall–Kier alpha value is -9.90. The van der Waals surface area contributed by atoms with Gasteiger partial charge in [0.1, 0.15) is 34.8 Å². The summed E-state index contributed by atoms with van der Waals surface area (Å²) in [5, 5.41) is 70.7. The molecule has 7 aromatic rings. The fourth-order valence-corrected chi connectivity index (χ4v) is 9.52. The van der Waals surface area contributed by atoms with Gasteiger partial charge in [0.15, 0.2) is 11.6 Å². The lowest BCUT2D eigenvalue weighted by Gasteiger charge is -2.35. The monoisotopic (exact) mass is 1230 g/mol. The highest BCUT2D eigenvalue weighted by atomic mass is 16.6. The number of ether oxygens (including phenoxy) is 1. The number of hydrogen-bond donors (Lipinski definition) is 11. The van der Waals surface area contributed by atoms with E-state index in [1.165, 1.54) is 58.0 Å². The summed E-state index contributed by atoms with van der Waals surface area (Å²) in [4.78, 5) is 85.6. The van der Waals surface area contributed by atoms with Crippen LogP contribution < -0.4 is 44.0 Å². The zero-order chi connectivity index (χ0) is 65.2. The number of aromatic nitrogens is 6. The number of benzene rings is 5. The predicted octanol–water partition coefficient (Wildman–Crippen LogP) is 4.75. The summed E-state index contributed by atoms with van der Waals surface area (Å²) in [5.74, 6) is -0.834. The average Bonchev–Trinajstić information content (AvgIpc) is 2.74. The van der Waals surface area contributed by atoms with E-state index >= 15 is 0 Å². The number of phenols is 4. The van der Waals surface area contributed by atoms with Crippen LogP contribution in [0.5, 0.6) is 28.7 Å². The minimum absolute atomic E-state index is 0.00222. The van der Waals surface area contributed by atoms with Crippen molar-refractivity contribution < 1.29 is 49.3 Å². The van der Waals surface area contributed by atoms with Crippen LogP contribution in [0.1, 0.15) is 95.4 Å². The zero-order valence-corrected chi connectivity index (χ0v) is 50.8. The standard InChI is InChI=1S/C27H35N7O5.C22H27N5O3.C8H7NO4.C4H10N2O/c1-4-21(24(28)37)29-26(38)33-11-9-32(10-12-33)15-17-5-7-18(8-6-17)34-25(30-31-27(34)39)20-13-19(16(2)3)22(35)14-23(20)36;1-14(2)17-11-18(20(29)12-19(17)28)21-24-25-22(30)27(21)16-5-3-15(4-6-16)13-26-9-7-23-8-10-26;1-6(10)13-8-4-2-7(3-5-8)9(11)12;1-2-3(5)4(6)7/h5-8,13-14,16,21,35-36H,4,9-12,15H2,1-3H3,(H2,28,37)(H,29,38)(H,31,39);3-6,11-12,14,23,28-29H,7-10,13H2,1-2H3,(H,25,30);2-5H,1H3;3H,2,5H2,1H3,(H2,6,7)/t21-;;;3-/m0..0/s1. The molecular formula is C61H79N15O13. The molecule has 4 amide bonds. The fourth-order valence-electron chi connectivity index (χ4n) is 9.52. The number of rotatable bonds is 17. The van der Waals surface area contributed by atoms with Crippen LogP contribution in [0.4, 0.5) is 10.5 Å². The first-order valence-corrected chi connectivity index (χ1v) is 28.9. The zero-order valence-electron chi connectivity index (χ0n) is 50.8. The number of amides is 4. The SMILES string of the molecule is CC(=O)Oc1ccc([N+](=O)[O-])cc1.CC(C)c1cc(-c2n[nH]c(=O)n2-c2ccc(CN3CCNCC3)cc2)c(O)cc1O.CC[C@H](N)C(N)=O.CC[C@H](NC(=O)N1CCN(Cc2ccc(-n3c(-c4cc(C(C)C)c(O)cc4O)n[nH]c3=O)cc2)CC1)C(N)=O. The summed E-state index contributed by atoms with van der Waals surface area (Å²) >= 11 is 0. The molecule has 476 valence electrons. The number of nitro benzene ring substituents is 1. The van der Waals surface area contributed by atoms with Gasteiger partial charge in [-0.25, -0.2) is 33.7 Å². The number of non-ortho nitro benzene ring substituents is 1. The van der Waals surface area contributed by atoms with Crippen molar-refractivity contribution >= 4 is 29.5 Å². The van der Waals surface area contributed by atoms with E-state index in [0.29, 0.717) is 90.8 Å². The first kappa shape index (κ1) is 68.2. The third-order valence-corrected chi connectivity index (χ3v) is 14.6. The highest BCUT2D eigenvalue weighted by Crippen LogP contribution is 2.39. The molecular weight excluding hydrogens is 1150 g/mol. The van der Waals surface area contributed by atoms with E-state index in [1.54, 1.807) is 24.0 Å². The third-order valence-electron chi connectivity index (χ3n) is 14.6. The van der Waals surface area contributed by atoms with Gasteiger partial charge in [-0.05, 0) is 95.5 Å². The van der Waals surface area contributed by atoms with E-state index in [9.17, 15) is 59.3 Å². The summed E-state index contributed by atoms with van der Waals surface area (Å²) in [6.07, 6.45) is 1.06. The number of nitrogens with two attached hydrogens (primary N) is 3. The second-order valence-electron chi connectivity index (χ2n) is 21.7. The van der Waals surface area contributed by atoms with E-state index in [1.807, 2.05) is 83.1 Å². The summed E-state index contributed by atoms with van der Waals surface area (Å²) in [5.41, 5.74) is 19.9. The molecule has 2 aliphatic heterocycles. The van der Waals surface area contributed by atoms with Gasteiger partial charge in [-0.15, -0.1) is 0 Å². The Bertz CT molecular complexity index is 3660. The van der Waals surface area contributed by atoms with Crippen LogP contribution in [0.3, 0.4) is 0 Å². The van der Waals surface area contributed by atoms with Crippen molar-refractivity contribution in [3.8, 4) is 62.9 Å². The molecule has 2 saturated heterocycles. The van der Waals surface area contributed by atoms with Crippen LogP contribution in [-0.4, -0.2) is 158 Å². The van der Waals surface area contributed by atoms with E-state index in [2.05, 4.69) is 45.6 Å². The highest BCUT2D eigenvalue weighted by Gasteiger charge is 2.26. The summed E-state index contributed by atoms with van der Waals surface area (Å²) in [6.45, 7) is 20.6. The van der Waals surface area contributed by atoms with E-state index in [4.69, 9.17) is 17.2 Å². The predicted molar refractivity (Wildman–Crippen MR) is 333 cm³/mol. The second-order valence-corrected chi connectivity index (χ2v) is 21.7. The molecule has 9 rings (SSSR count). The maximum atomic E-state index is 12.7. The number of phenolic OH excluding ortho intramolecular Hbond substituents is 4. The summed E-state index contributed by atoms with van der Waals surface area (Å²) in [7, 11) is 0. The van der Waals surface area contributed by atoms with Gasteiger partial charge in [0, 0.05) is 96.6 Å². The summed E-state index contributed by atoms with van der Waals surface area (Å²) < 4.78 is 7.50. The second kappa shape index (κ2) is 31.7. The number of nitro groups is 1. The molecule has 0 spiro atoms. The Labute approximate surface area is 513 Å². The summed E-state index contributed by atoms with van der Waals surface area (Å²) in [6, 6.07) is 25.0. The van der Waals surface area contributed by atoms with Crippen LogP contribution in [0.2, 0.25) is 0 Å². The Kier molecular flexibility index (Phi) is 24.3. The molecule has 28 heteroatoms. The lowest BCUT2D eigenvalue weighted by atomic mass is 9.98. The molecule has 0 saturated carbocycles. The van der Waals surface area contributed by atoms with Gasteiger partial charge in [-0.1, -0.05) is 65.8 Å². The third kappa shape index (κ3) is 18.6.